The average molecular weight is 527 g/mol. The predicted molar refractivity (Wildman–Crippen MR) is 132 cm³/mol. The summed E-state index contributed by atoms with van der Waals surface area (Å²) in [5, 5.41) is 10.3. The Kier molecular flexibility index (Phi) is 7.36. The third-order valence-corrected chi connectivity index (χ3v) is 7.10. The van der Waals surface area contributed by atoms with E-state index in [9.17, 15) is 28.1 Å². The van der Waals surface area contributed by atoms with E-state index >= 15 is 0 Å². The van der Waals surface area contributed by atoms with Gasteiger partial charge in [-0.15, -0.1) is 0 Å². The molecule has 3 aromatic rings. The van der Waals surface area contributed by atoms with Crippen molar-refractivity contribution in [1.29, 1.82) is 0 Å². The molecular formula is C24H18N2O8S2. The summed E-state index contributed by atoms with van der Waals surface area (Å²) >= 11 is 0.724. The standard InChI is InChI=1S/C24H18N2O8S2/c27-23-22(35-24(28)25(23)14-15-33-19-7-2-1-3-8-19)16-17-6-4-5-9-21(17)34-36(31,32)20-12-10-18(11-13-20)26(29)30/h1-13,16H,14-15H2/b22-16-. The molecule has 1 aliphatic rings. The maximum Gasteiger partial charge on any atom is 0.339 e. The first-order chi connectivity index (χ1) is 17.2. The average Bonchev–Trinajstić information content (AvgIpc) is 3.13. The Hall–Kier alpha value is -4.16. The largest absolute Gasteiger partial charge is 0.492 e. The number of nitrogens with zero attached hydrogens (tertiary/aromatic N) is 2. The van der Waals surface area contributed by atoms with Gasteiger partial charge in [-0.3, -0.25) is 24.6 Å². The van der Waals surface area contributed by atoms with Gasteiger partial charge in [-0.25, -0.2) is 0 Å². The number of carbonyl (C=O) groups excluding carboxylic acids is 2. The molecule has 1 heterocycles. The number of non-ortho nitro benzene ring substituents is 1. The summed E-state index contributed by atoms with van der Waals surface area (Å²) in [6, 6.07) is 19.3. The van der Waals surface area contributed by atoms with Crippen molar-refractivity contribution in [2.75, 3.05) is 13.2 Å². The van der Waals surface area contributed by atoms with Gasteiger partial charge < -0.3 is 8.92 Å². The summed E-state index contributed by atoms with van der Waals surface area (Å²) in [6.45, 7) is 0.159. The number of nitro groups is 1. The minimum absolute atomic E-state index is 0.0452. The highest BCUT2D eigenvalue weighted by Crippen LogP contribution is 2.34. The third kappa shape index (κ3) is 5.73. The highest BCUT2D eigenvalue weighted by molar-refractivity contribution is 8.18. The molecular weight excluding hydrogens is 508 g/mol. The van der Waals surface area contributed by atoms with Crippen LogP contribution in [0.5, 0.6) is 11.5 Å². The van der Waals surface area contributed by atoms with Gasteiger partial charge in [0.05, 0.1) is 16.4 Å². The molecule has 0 aromatic heterocycles. The lowest BCUT2D eigenvalue weighted by atomic mass is 10.2. The number of amides is 2. The number of hydrogen-bond acceptors (Lipinski definition) is 9. The predicted octanol–water partition coefficient (Wildman–Crippen LogP) is 4.48. The number of carbonyl (C=O) groups is 2. The summed E-state index contributed by atoms with van der Waals surface area (Å²) in [4.78, 5) is 36.3. The maximum absolute atomic E-state index is 12.8. The Morgan fingerprint density at radius 3 is 2.31 bits per heavy atom. The second kappa shape index (κ2) is 10.6. The van der Waals surface area contributed by atoms with Crippen LogP contribution in [0, 0.1) is 10.1 Å². The molecule has 1 fully saturated rings. The van der Waals surface area contributed by atoms with E-state index in [-0.39, 0.29) is 40.0 Å². The summed E-state index contributed by atoms with van der Waals surface area (Å²) in [6.07, 6.45) is 1.38. The van der Waals surface area contributed by atoms with Gasteiger partial charge in [-0.1, -0.05) is 36.4 Å². The summed E-state index contributed by atoms with van der Waals surface area (Å²) < 4.78 is 36.2. The number of nitro benzene ring substituents is 1. The summed E-state index contributed by atoms with van der Waals surface area (Å²) in [5.41, 5.74) is -0.00624. The molecule has 4 rings (SSSR count). The molecule has 0 saturated carbocycles. The Morgan fingerprint density at radius 1 is 0.944 bits per heavy atom. The number of benzene rings is 3. The molecule has 0 radical (unpaired) electrons. The Bertz CT molecular complexity index is 1440. The van der Waals surface area contributed by atoms with E-state index in [2.05, 4.69) is 0 Å². The van der Waals surface area contributed by atoms with Crippen LogP contribution in [-0.2, 0) is 14.9 Å². The van der Waals surface area contributed by atoms with Crippen LogP contribution in [0.15, 0.2) is 88.7 Å². The zero-order valence-electron chi connectivity index (χ0n) is 18.5. The van der Waals surface area contributed by atoms with Gasteiger partial charge in [-0.05, 0) is 48.2 Å². The third-order valence-electron chi connectivity index (χ3n) is 4.94. The first kappa shape index (κ1) is 24.9. The highest BCUT2D eigenvalue weighted by Gasteiger charge is 2.35. The van der Waals surface area contributed by atoms with Crippen molar-refractivity contribution >= 4 is 44.8 Å². The van der Waals surface area contributed by atoms with Crippen LogP contribution in [-0.4, -0.2) is 42.5 Å². The van der Waals surface area contributed by atoms with Crippen LogP contribution in [0.1, 0.15) is 5.56 Å². The van der Waals surface area contributed by atoms with E-state index in [0.717, 1.165) is 40.9 Å². The van der Waals surface area contributed by atoms with E-state index in [1.165, 1.54) is 18.2 Å². The lowest BCUT2D eigenvalue weighted by Gasteiger charge is -2.13. The van der Waals surface area contributed by atoms with Crippen molar-refractivity contribution in [2.24, 2.45) is 0 Å². The number of imide groups is 1. The van der Waals surface area contributed by atoms with Crippen molar-refractivity contribution in [2.45, 2.75) is 4.90 Å². The fraction of sp³-hybridized carbons (Fsp3) is 0.0833. The number of para-hydroxylation sites is 2. The molecule has 0 bridgehead atoms. The lowest BCUT2D eigenvalue weighted by Crippen LogP contribution is -2.32. The maximum atomic E-state index is 12.8. The van der Waals surface area contributed by atoms with Crippen LogP contribution in [0.4, 0.5) is 10.5 Å². The monoisotopic (exact) mass is 526 g/mol. The molecule has 12 heteroatoms. The number of rotatable bonds is 9. The van der Waals surface area contributed by atoms with Crippen molar-refractivity contribution < 1.29 is 31.9 Å². The van der Waals surface area contributed by atoms with Crippen LogP contribution in [0.3, 0.4) is 0 Å². The molecule has 0 spiro atoms. The van der Waals surface area contributed by atoms with Gasteiger partial charge in [-0.2, -0.15) is 8.42 Å². The lowest BCUT2D eigenvalue weighted by molar-refractivity contribution is -0.384. The van der Waals surface area contributed by atoms with Gasteiger partial charge in [0.1, 0.15) is 23.0 Å². The fourth-order valence-electron chi connectivity index (χ4n) is 3.18. The Morgan fingerprint density at radius 2 is 1.61 bits per heavy atom. The molecule has 1 aliphatic heterocycles. The van der Waals surface area contributed by atoms with Crippen LogP contribution in [0.2, 0.25) is 0 Å². The Labute approximate surface area is 210 Å². The second-order valence-electron chi connectivity index (χ2n) is 7.32. The zero-order valence-corrected chi connectivity index (χ0v) is 20.1. The Balaban J connectivity index is 1.49. The smallest absolute Gasteiger partial charge is 0.339 e. The highest BCUT2D eigenvalue weighted by atomic mass is 32.2. The molecule has 0 N–H and O–H groups in total. The normalized spacial score (nSPS) is 14.8. The van der Waals surface area contributed by atoms with Gasteiger partial charge in [0.2, 0.25) is 0 Å². The SMILES string of the molecule is O=C1S/C(=C\c2ccccc2OS(=O)(=O)c2ccc([N+](=O)[O-])cc2)C(=O)N1CCOc1ccccc1. The number of thioether (sulfide) groups is 1. The van der Waals surface area contributed by atoms with Gasteiger partial charge in [0.25, 0.3) is 16.8 Å². The molecule has 36 heavy (non-hydrogen) atoms. The van der Waals surface area contributed by atoms with Crippen molar-refractivity contribution in [3.05, 3.63) is 99.4 Å². The molecule has 0 aliphatic carbocycles. The zero-order chi connectivity index (χ0) is 25.7. The summed E-state index contributed by atoms with van der Waals surface area (Å²) in [7, 11) is -4.32. The van der Waals surface area contributed by atoms with Gasteiger partial charge >= 0.3 is 10.1 Å². The van der Waals surface area contributed by atoms with Gasteiger partial charge in [0, 0.05) is 17.7 Å². The van der Waals surface area contributed by atoms with Crippen LogP contribution >= 0.6 is 11.8 Å². The van der Waals surface area contributed by atoms with E-state index in [4.69, 9.17) is 8.92 Å². The van der Waals surface area contributed by atoms with E-state index in [1.54, 1.807) is 36.4 Å². The quantitative estimate of drug-likeness (QED) is 0.171. The number of hydrogen-bond donors (Lipinski definition) is 0. The molecule has 0 unspecified atom stereocenters. The molecule has 1 saturated heterocycles. The molecule has 2 amide bonds. The topological polar surface area (TPSA) is 133 Å². The van der Waals surface area contributed by atoms with Gasteiger partial charge in [0.15, 0.2) is 0 Å². The fourth-order valence-corrected chi connectivity index (χ4v) is 4.99. The first-order valence-corrected chi connectivity index (χ1v) is 12.7. The minimum Gasteiger partial charge on any atom is -0.492 e. The van der Waals surface area contributed by atoms with E-state index in [1.807, 2.05) is 6.07 Å². The van der Waals surface area contributed by atoms with Crippen molar-refractivity contribution in [3.63, 3.8) is 0 Å². The van der Waals surface area contributed by atoms with Crippen molar-refractivity contribution in [1.82, 2.24) is 4.90 Å². The minimum atomic E-state index is -4.32. The second-order valence-corrected chi connectivity index (χ2v) is 9.86. The molecule has 184 valence electrons. The first-order valence-electron chi connectivity index (χ1n) is 10.5. The van der Waals surface area contributed by atoms with Crippen LogP contribution < -0.4 is 8.92 Å². The van der Waals surface area contributed by atoms with E-state index < -0.39 is 26.2 Å². The van der Waals surface area contributed by atoms with Crippen molar-refractivity contribution in [3.8, 4) is 11.5 Å². The number of ether oxygens (including phenoxy) is 1. The van der Waals surface area contributed by atoms with Crippen LogP contribution in [0.25, 0.3) is 6.08 Å². The molecule has 0 atom stereocenters. The molecule has 10 nitrogen and oxygen atoms in total. The summed E-state index contributed by atoms with van der Waals surface area (Å²) in [5.74, 6) is 0.00470. The van der Waals surface area contributed by atoms with E-state index in [0.29, 0.717) is 5.75 Å². The molecule has 3 aromatic carbocycles.